The first-order valence-electron chi connectivity index (χ1n) is 7.75. The van der Waals surface area contributed by atoms with Gasteiger partial charge < -0.3 is 4.90 Å². The van der Waals surface area contributed by atoms with Crippen molar-refractivity contribution in [2.45, 2.75) is 46.1 Å². The first-order valence-corrected chi connectivity index (χ1v) is 7.75. The van der Waals surface area contributed by atoms with Crippen LogP contribution in [0.15, 0.2) is 37.1 Å². The SMILES string of the molecule is CC(C)c1cnccc1CN(C)C.CC(C)c1cnccn1. The lowest BCUT2D eigenvalue weighted by Gasteiger charge is -2.15. The van der Waals surface area contributed by atoms with Crippen molar-refractivity contribution in [1.29, 1.82) is 0 Å². The van der Waals surface area contributed by atoms with Crippen LogP contribution in [0.5, 0.6) is 0 Å². The zero-order valence-corrected chi connectivity index (χ0v) is 14.6. The molecule has 0 saturated heterocycles. The van der Waals surface area contributed by atoms with Gasteiger partial charge in [-0.2, -0.15) is 0 Å². The van der Waals surface area contributed by atoms with Crippen LogP contribution in [0, 0.1) is 0 Å². The third-order valence-electron chi connectivity index (χ3n) is 3.23. The highest BCUT2D eigenvalue weighted by Crippen LogP contribution is 2.18. The molecule has 0 radical (unpaired) electrons. The summed E-state index contributed by atoms with van der Waals surface area (Å²) in [6.07, 6.45) is 9.04. The first-order chi connectivity index (χ1) is 10.4. The largest absolute Gasteiger partial charge is 0.305 e. The molecule has 0 saturated carbocycles. The van der Waals surface area contributed by atoms with Gasteiger partial charge in [-0.1, -0.05) is 27.7 Å². The highest BCUT2D eigenvalue weighted by molar-refractivity contribution is 5.25. The van der Waals surface area contributed by atoms with Crippen molar-refractivity contribution in [3.8, 4) is 0 Å². The molecule has 0 bridgehead atoms. The van der Waals surface area contributed by atoms with E-state index in [2.05, 4.69) is 67.7 Å². The van der Waals surface area contributed by atoms with Crippen LogP contribution in [0.3, 0.4) is 0 Å². The second-order valence-electron chi connectivity index (χ2n) is 6.25. The van der Waals surface area contributed by atoms with Crippen LogP contribution < -0.4 is 0 Å². The summed E-state index contributed by atoms with van der Waals surface area (Å²) in [5, 5.41) is 0. The van der Waals surface area contributed by atoms with E-state index >= 15 is 0 Å². The van der Waals surface area contributed by atoms with E-state index in [-0.39, 0.29) is 0 Å². The Kier molecular flexibility index (Phi) is 7.67. The first kappa shape index (κ1) is 18.2. The minimum atomic E-state index is 0.485. The topological polar surface area (TPSA) is 41.9 Å². The summed E-state index contributed by atoms with van der Waals surface area (Å²) in [6, 6.07) is 2.11. The van der Waals surface area contributed by atoms with Gasteiger partial charge in [0.2, 0.25) is 0 Å². The quantitative estimate of drug-likeness (QED) is 0.859. The Morgan fingerprint density at radius 1 is 0.909 bits per heavy atom. The van der Waals surface area contributed by atoms with E-state index in [1.54, 1.807) is 18.6 Å². The van der Waals surface area contributed by atoms with Gasteiger partial charge in [-0.3, -0.25) is 15.0 Å². The van der Waals surface area contributed by atoms with Gasteiger partial charge in [0.15, 0.2) is 0 Å². The summed E-state index contributed by atoms with van der Waals surface area (Å²) in [6.45, 7) is 9.61. The molecule has 22 heavy (non-hydrogen) atoms. The normalized spacial score (nSPS) is 10.8. The minimum absolute atomic E-state index is 0.485. The van der Waals surface area contributed by atoms with Gasteiger partial charge in [0.1, 0.15) is 0 Å². The van der Waals surface area contributed by atoms with Crippen LogP contribution in [0.4, 0.5) is 0 Å². The summed E-state index contributed by atoms with van der Waals surface area (Å²) in [7, 11) is 4.18. The molecular formula is C18H28N4. The van der Waals surface area contributed by atoms with E-state index in [1.807, 2.05) is 12.4 Å². The lowest BCUT2D eigenvalue weighted by atomic mass is 10.00. The molecule has 2 rings (SSSR count). The van der Waals surface area contributed by atoms with Gasteiger partial charge >= 0.3 is 0 Å². The van der Waals surface area contributed by atoms with Gasteiger partial charge in [-0.05, 0) is 43.1 Å². The van der Waals surface area contributed by atoms with Crippen LogP contribution in [-0.2, 0) is 6.54 Å². The lowest BCUT2D eigenvalue weighted by Crippen LogP contribution is -2.12. The summed E-state index contributed by atoms with van der Waals surface area (Å²) >= 11 is 0. The summed E-state index contributed by atoms with van der Waals surface area (Å²) in [5.74, 6) is 1.04. The maximum atomic E-state index is 4.16. The number of hydrogen-bond acceptors (Lipinski definition) is 4. The molecule has 0 aliphatic heterocycles. The fourth-order valence-electron chi connectivity index (χ4n) is 2.05. The number of hydrogen-bond donors (Lipinski definition) is 0. The van der Waals surface area contributed by atoms with E-state index < -0.39 is 0 Å². The molecule has 0 N–H and O–H groups in total. The molecule has 120 valence electrons. The number of rotatable bonds is 4. The Morgan fingerprint density at radius 2 is 1.59 bits per heavy atom. The van der Waals surface area contributed by atoms with E-state index in [4.69, 9.17) is 0 Å². The van der Waals surface area contributed by atoms with Gasteiger partial charge in [0, 0.05) is 37.5 Å². The van der Waals surface area contributed by atoms with Gasteiger partial charge in [0.05, 0.1) is 5.69 Å². The molecule has 0 amide bonds. The van der Waals surface area contributed by atoms with Crippen LogP contribution in [0.25, 0.3) is 0 Å². The molecule has 2 aromatic rings. The third-order valence-corrected chi connectivity index (χ3v) is 3.23. The van der Waals surface area contributed by atoms with Gasteiger partial charge in [0.25, 0.3) is 0 Å². The molecule has 4 nitrogen and oxygen atoms in total. The average molecular weight is 300 g/mol. The zero-order valence-electron chi connectivity index (χ0n) is 14.6. The highest BCUT2D eigenvalue weighted by Gasteiger charge is 2.06. The Morgan fingerprint density at radius 3 is 2.05 bits per heavy atom. The van der Waals surface area contributed by atoms with Crippen molar-refractivity contribution in [3.05, 3.63) is 53.9 Å². The monoisotopic (exact) mass is 300 g/mol. The van der Waals surface area contributed by atoms with E-state index in [1.165, 1.54) is 11.1 Å². The summed E-state index contributed by atoms with van der Waals surface area (Å²) in [4.78, 5) is 14.4. The third kappa shape index (κ3) is 6.31. The van der Waals surface area contributed by atoms with Crippen LogP contribution in [0.1, 0.15) is 56.4 Å². The van der Waals surface area contributed by atoms with Crippen LogP contribution in [0.2, 0.25) is 0 Å². The molecule has 0 fully saturated rings. The van der Waals surface area contributed by atoms with Crippen LogP contribution >= 0.6 is 0 Å². The predicted octanol–water partition coefficient (Wildman–Crippen LogP) is 3.87. The number of pyridine rings is 1. The van der Waals surface area contributed by atoms with Crippen molar-refractivity contribution >= 4 is 0 Å². The van der Waals surface area contributed by atoms with Crippen molar-refractivity contribution in [2.24, 2.45) is 0 Å². The Labute approximate surface area is 134 Å². The van der Waals surface area contributed by atoms with E-state index in [0.29, 0.717) is 11.8 Å². The molecule has 0 aliphatic rings. The standard InChI is InChI=1S/C11H18N2.C7H10N2/c1-9(2)11-7-12-6-5-10(11)8-13(3)4;1-6(2)7-5-8-3-4-9-7/h5-7,9H,8H2,1-4H3;3-6H,1-2H3. The average Bonchev–Trinajstić information content (AvgIpc) is 2.48. The zero-order chi connectivity index (χ0) is 16.5. The number of nitrogens with zero attached hydrogens (tertiary/aromatic N) is 4. The Balaban J connectivity index is 0.000000235. The fourth-order valence-corrected chi connectivity index (χ4v) is 2.05. The molecule has 0 aliphatic carbocycles. The number of aromatic nitrogens is 3. The maximum absolute atomic E-state index is 4.16. The van der Waals surface area contributed by atoms with Crippen LogP contribution in [-0.4, -0.2) is 33.9 Å². The fraction of sp³-hybridized carbons (Fsp3) is 0.500. The molecule has 2 heterocycles. The van der Waals surface area contributed by atoms with Gasteiger partial charge in [-0.25, -0.2) is 0 Å². The lowest BCUT2D eigenvalue weighted by molar-refractivity contribution is 0.400. The molecule has 0 spiro atoms. The van der Waals surface area contributed by atoms with Gasteiger partial charge in [-0.15, -0.1) is 0 Å². The second-order valence-corrected chi connectivity index (χ2v) is 6.25. The highest BCUT2D eigenvalue weighted by atomic mass is 15.0. The molecular weight excluding hydrogens is 272 g/mol. The van der Waals surface area contributed by atoms with E-state index in [0.717, 1.165) is 12.2 Å². The van der Waals surface area contributed by atoms with Crippen molar-refractivity contribution < 1.29 is 0 Å². The van der Waals surface area contributed by atoms with Crippen molar-refractivity contribution in [2.75, 3.05) is 14.1 Å². The predicted molar refractivity (Wildman–Crippen MR) is 91.8 cm³/mol. The Hall–Kier alpha value is -1.81. The molecule has 0 atom stereocenters. The minimum Gasteiger partial charge on any atom is -0.305 e. The van der Waals surface area contributed by atoms with Crippen molar-refractivity contribution in [3.63, 3.8) is 0 Å². The maximum Gasteiger partial charge on any atom is 0.0612 e. The molecule has 0 aromatic carbocycles. The summed E-state index contributed by atoms with van der Waals surface area (Å²) < 4.78 is 0. The smallest absolute Gasteiger partial charge is 0.0612 e. The molecule has 4 heteroatoms. The summed E-state index contributed by atoms with van der Waals surface area (Å²) in [5.41, 5.74) is 3.80. The second kappa shape index (κ2) is 9.26. The van der Waals surface area contributed by atoms with E-state index in [9.17, 15) is 0 Å². The molecule has 2 aromatic heterocycles. The molecule has 0 unspecified atom stereocenters. The Bertz CT molecular complexity index is 536. The van der Waals surface area contributed by atoms with Crippen molar-refractivity contribution in [1.82, 2.24) is 19.9 Å².